The molecule has 0 aliphatic rings. The number of ether oxygens (including phenoxy) is 2. The first-order valence-electron chi connectivity index (χ1n) is 5.66. The van der Waals surface area contributed by atoms with Crippen LogP contribution in [0, 0.1) is 0 Å². The second-order valence-corrected chi connectivity index (χ2v) is 5.61. The second-order valence-electron chi connectivity index (χ2n) is 4.08. The highest BCUT2D eigenvalue weighted by atomic mass is 32.2. The summed E-state index contributed by atoms with van der Waals surface area (Å²) in [5, 5.41) is 5.76. The van der Waals surface area contributed by atoms with E-state index in [1.807, 2.05) is 6.07 Å². The predicted octanol–water partition coefficient (Wildman–Crippen LogP) is 0.944. The minimum atomic E-state index is -3.81. The predicted molar refractivity (Wildman–Crippen MR) is 71.7 cm³/mol. The monoisotopic (exact) mass is 284 g/mol. The van der Waals surface area contributed by atoms with Gasteiger partial charge in [-0.2, -0.15) is 0 Å². The Morgan fingerprint density at radius 2 is 2.05 bits per heavy atom. The lowest BCUT2D eigenvalue weighted by molar-refractivity contribution is 0.188. The molecule has 1 aromatic heterocycles. The third kappa shape index (κ3) is 2.58. The number of fused-ring (bicyclic) bond motifs is 1. The number of benzene rings is 1. The van der Waals surface area contributed by atoms with Crippen molar-refractivity contribution in [2.45, 2.75) is 11.4 Å². The van der Waals surface area contributed by atoms with Crippen molar-refractivity contribution >= 4 is 20.9 Å². The maximum atomic E-state index is 11.7. The van der Waals surface area contributed by atoms with Crippen LogP contribution in [-0.2, 0) is 21.3 Å². The van der Waals surface area contributed by atoms with Gasteiger partial charge in [-0.1, -0.05) is 6.07 Å². The van der Waals surface area contributed by atoms with E-state index in [4.69, 9.17) is 14.6 Å². The summed E-state index contributed by atoms with van der Waals surface area (Å²) in [7, 11) is -0.723. The van der Waals surface area contributed by atoms with E-state index in [0.717, 1.165) is 5.52 Å². The van der Waals surface area contributed by atoms with Crippen LogP contribution in [0.3, 0.4) is 0 Å². The lowest BCUT2D eigenvalue weighted by Gasteiger charge is -2.05. The van der Waals surface area contributed by atoms with Crippen molar-refractivity contribution in [1.29, 1.82) is 0 Å². The van der Waals surface area contributed by atoms with Crippen molar-refractivity contribution < 1.29 is 17.9 Å². The minimum Gasteiger partial charge on any atom is -0.496 e. The molecule has 0 bridgehead atoms. The van der Waals surface area contributed by atoms with E-state index in [-0.39, 0.29) is 4.90 Å². The molecule has 6 nitrogen and oxygen atoms in total. The van der Waals surface area contributed by atoms with Crippen LogP contribution >= 0.6 is 0 Å². The van der Waals surface area contributed by atoms with Gasteiger partial charge in [-0.25, -0.2) is 13.6 Å². The standard InChI is InChI=1S/C12H16N2O4S/c1-17-7-6-14-8-11(19(13,15)16)12-9(14)4-3-5-10(12)18-2/h3-5,8H,6-7H2,1-2H3,(H2,13,15,16). The number of rotatable bonds is 5. The molecule has 2 N–H and O–H groups in total. The molecule has 0 spiro atoms. The number of aromatic nitrogens is 1. The zero-order valence-electron chi connectivity index (χ0n) is 10.8. The van der Waals surface area contributed by atoms with Gasteiger partial charge >= 0.3 is 0 Å². The van der Waals surface area contributed by atoms with Crippen LogP contribution in [0.5, 0.6) is 5.75 Å². The number of nitrogens with zero attached hydrogens (tertiary/aromatic N) is 1. The smallest absolute Gasteiger partial charge is 0.240 e. The molecule has 0 amide bonds. The molecule has 19 heavy (non-hydrogen) atoms. The maximum Gasteiger partial charge on any atom is 0.240 e. The van der Waals surface area contributed by atoms with E-state index >= 15 is 0 Å². The maximum absolute atomic E-state index is 11.7. The third-order valence-electron chi connectivity index (χ3n) is 2.90. The van der Waals surface area contributed by atoms with Crippen LogP contribution in [0.2, 0.25) is 0 Å². The van der Waals surface area contributed by atoms with Gasteiger partial charge in [0.25, 0.3) is 0 Å². The summed E-state index contributed by atoms with van der Waals surface area (Å²) >= 11 is 0. The Bertz CT molecular complexity index is 691. The summed E-state index contributed by atoms with van der Waals surface area (Å²) < 4.78 is 35.4. The molecular formula is C12H16N2O4S. The van der Waals surface area contributed by atoms with Gasteiger partial charge in [-0.05, 0) is 12.1 Å². The van der Waals surface area contributed by atoms with E-state index in [0.29, 0.717) is 24.3 Å². The van der Waals surface area contributed by atoms with E-state index < -0.39 is 10.0 Å². The summed E-state index contributed by atoms with van der Waals surface area (Å²) in [5.74, 6) is 0.484. The summed E-state index contributed by atoms with van der Waals surface area (Å²) in [4.78, 5) is 0.0658. The molecule has 1 heterocycles. The Labute approximate surface area is 111 Å². The van der Waals surface area contributed by atoms with Gasteiger partial charge < -0.3 is 14.0 Å². The molecule has 104 valence electrons. The number of hydrogen-bond donors (Lipinski definition) is 1. The molecule has 0 saturated carbocycles. The lowest BCUT2D eigenvalue weighted by Crippen LogP contribution is -2.12. The Hall–Kier alpha value is -1.57. The van der Waals surface area contributed by atoms with Gasteiger partial charge in [0.1, 0.15) is 10.6 Å². The van der Waals surface area contributed by atoms with Crippen LogP contribution in [0.25, 0.3) is 10.9 Å². The molecule has 0 saturated heterocycles. The molecule has 2 rings (SSSR count). The molecule has 0 aliphatic heterocycles. The van der Waals surface area contributed by atoms with Crippen molar-refractivity contribution in [3.05, 3.63) is 24.4 Å². The number of sulfonamides is 1. The molecule has 7 heteroatoms. The molecule has 0 radical (unpaired) electrons. The Morgan fingerprint density at radius 3 is 2.63 bits per heavy atom. The first kappa shape index (κ1) is 13.9. The van der Waals surface area contributed by atoms with Crippen LogP contribution in [0.1, 0.15) is 0 Å². The van der Waals surface area contributed by atoms with Crippen molar-refractivity contribution in [3.8, 4) is 5.75 Å². The van der Waals surface area contributed by atoms with Crippen molar-refractivity contribution in [1.82, 2.24) is 4.57 Å². The molecular weight excluding hydrogens is 268 g/mol. The summed E-state index contributed by atoms with van der Waals surface area (Å²) in [5.41, 5.74) is 0.750. The third-order valence-corrected chi connectivity index (χ3v) is 3.82. The molecule has 0 fully saturated rings. The Morgan fingerprint density at radius 1 is 1.32 bits per heavy atom. The highest BCUT2D eigenvalue weighted by molar-refractivity contribution is 7.89. The van der Waals surface area contributed by atoms with Crippen LogP contribution in [0.15, 0.2) is 29.3 Å². The first-order valence-corrected chi connectivity index (χ1v) is 7.21. The van der Waals surface area contributed by atoms with Crippen LogP contribution in [-0.4, -0.2) is 33.8 Å². The Balaban J connectivity index is 2.74. The molecule has 2 aromatic rings. The zero-order chi connectivity index (χ0) is 14.0. The second kappa shape index (κ2) is 5.20. The summed E-state index contributed by atoms with van der Waals surface area (Å²) in [6.45, 7) is 1.01. The van der Waals surface area contributed by atoms with Gasteiger partial charge in [-0.3, -0.25) is 0 Å². The molecule has 1 aromatic carbocycles. The van der Waals surface area contributed by atoms with Crippen LogP contribution < -0.4 is 9.88 Å². The fourth-order valence-electron chi connectivity index (χ4n) is 2.04. The SMILES string of the molecule is COCCn1cc(S(N)(=O)=O)c2c(OC)cccc21. The summed E-state index contributed by atoms with van der Waals surface area (Å²) in [6.07, 6.45) is 1.52. The van der Waals surface area contributed by atoms with Crippen molar-refractivity contribution in [2.24, 2.45) is 5.14 Å². The lowest BCUT2D eigenvalue weighted by atomic mass is 10.2. The minimum absolute atomic E-state index is 0.0658. The van der Waals surface area contributed by atoms with E-state index in [1.165, 1.54) is 13.3 Å². The number of hydrogen-bond acceptors (Lipinski definition) is 4. The molecule has 0 atom stereocenters. The molecule has 0 unspecified atom stereocenters. The van der Waals surface area contributed by atoms with Gasteiger partial charge in [0.2, 0.25) is 10.0 Å². The average molecular weight is 284 g/mol. The first-order chi connectivity index (χ1) is 8.99. The quantitative estimate of drug-likeness (QED) is 0.885. The van der Waals surface area contributed by atoms with E-state index in [2.05, 4.69) is 0 Å². The van der Waals surface area contributed by atoms with Crippen LogP contribution in [0.4, 0.5) is 0 Å². The normalized spacial score (nSPS) is 11.9. The number of primary sulfonamides is 1. The van der Waals surface area contributed by atoms with E-state index in [9.17, 15) is 8.42 Å². The number of methoxy groups -OCH3 is 2. The van der Waals surface area contributed by atoms with Gasteiger partial charge in [-0.15, -0.1) is 0 Å². The van der Waals surface area contributed by atoms with Gasteiger partial charge in [0, 0.05) is 19.9 Å². The van der Waals surface area contributed by atoms with Crippen molar-refractivity contribution in [2.75, 3.05) is 20.8 Å². The van der Waals surface area contributed by atoms with Gasteiger partial charge in [0.05, 0.1) is 24.6 Å². The highest BCUT2D eigenvalue weighted by Crippen LogP contribution is 2.32. The zero-order valence-corrected chi connectivity index (χ0v) is 11.6. The topological polar surface area (TPSA) is 83.5 Å². The fraction of sp³-hybridized carbons (Fsp3) is 0.333. The van der Waals surface area contributed by atoms with E-state index in [1.54, 1.807) is 23.8 Å². The van der Waals surface area contributed by atoms with Crippen molar-refractivity contribution in [3.63, 3.8) is 0 Å². The molecule has 0 aliphatic carbocycles. The fourth-order valence-corrected chi connectivity index (χ4v) is 2.81. The highest BCUT2D eigenvalue weighted by Gasteiger charge is 2.20. The number of nitrogens with two attached hydrogens (primary N) is 1. The Kier molecular flexibility index (Phi) is 3.79. The average Bonchev–Trinajstić information content (AvgIpc) is 2.75. The summed E-state index contributed by atoms with van der Waals surface area (Å²) in [6, 6.07) is 5.33. The van der Waals surface area contributed by atoms with Gasteiger partial charge in [0.15, 0.2) is 0 Å². The largest absolute Gasteiger partial charge is 0.496 e.